The molecule has 0 aliphatic carbocycles. The van der Waals surface area contributed by atoms with E-state index in [4.69, 9.17) is 4.74 Å². The molecule has 1 saturated heterocycles. The maximum atomic E-state index is 12.2. The molecular formula is C11H17N5O4. The van der Waals surface area contributed by atoms with Crippen molar-refractivity contribution in [1.29, 1.82) is 0 Å². The van der Waals surface area contributed by atoms with Gasteiger partial charge in [0.25, 0.3) is 0 Å². The molecule has 1 aromatic heterocycles. The van der Waals surface area contributed by atoms with Gasteiger partial charge in [-0.3, -0.25) is 9.59 Å². The molecule has 2 amide bonds. The Morgan fingerprint density at radius 2 is 2.40 bits per heavy atom. The third-order valence-electron chi connectivity index (χ3n) is 2.90. The van der Waals surface area contributed by atoms with E-state index in [2.05, 4.69) is 15.6 Å². The van der Waals surface area contributed by atoms with Crippen LogP contribution in [-0.2, 0) is 20.9 Å². The molecule has 0 saturated carbocycles. The van der Waals surface area contributed by atoms with Crippen LogP contribution >= 0.6 is 0 Å². The van der Waals surface area contributed by atoms with Gasteiger partial charge in [0.2, 0.25) is 11.8 Å². The minimum atomic E-state index is -0.324. The predicted octanol–water partition coefficient (Wildman–Crippen LogP) is -1.54. The van der Waals surface area contributed by atoms with Gasteiger partial charge in [-0.25, -0.2) is 4.68 Å². The highest BCUT2D eigenvalue weighted by molar-refractivity contribution is 5.87. The molecule has 0 spiro atoms. The topological polar surface area (TPSA) is 110 Å². The third kappa shape index (κ3) is 3.52. The highest BCUT2D eigenvalue weighted by Gasteiger charge is 2.26. The lowest BCUT2D eigenvalue weighted by Crippen LogP contribution is -2.51. The smallest absolute Gasteiger partial charge is 0.244 e. The van der Waals surface area contributed by atoms with E-state index in [-0.39, 0.29) is 31.0 Å². The Kier molecular flexibility index (Phi) is 4.64. The summed E-state index contributed by atoms with van der Waals surface area (Å²) in [6.45, 7) is 2.46. The molecule has 1 unspecified atom stereocenters. The fourth-order valence-corrected chi connectivity index (χ4v) is 1.98. The highest BCUT2D eigenvalue weighted by atomic mass is 16.5. The maximum absolute atomic E-state index is 12.2. The van der Waals surface area contributed by atoms with Crippen LogP contribution in [-0.4, -0.2) is 69.2 Å². The SMILES string of the molecule is CC(=O)Nc1cn(CC(=O)N2CCOCC2CO)nn1. The summed E-state index contributed by atoms with van der Waals surface area (Å²) in [7, 11) is 0. The molecule has 1 aliphatic heterocycles. The zero-order valence-electron chi connectivity index (χ0n) is 11.2. The molecule has 2 rings (SSSR count). The van der Waals surface area contributed by atoms with Gasteiger partial charge >= 0.3 is 0 Å². The molecule has 9 nitrogen and oxygen atoms in total. The molecule has 1 aliphatic rings. The molecule has 1 aromatic rings. The predicted molar refractivity (Wildman–Crippen MR) is 67.7 cm³/mol. The summed E-state index contributed by atoms with van der Waals surface area (Å²) in [5.41, 5.74) is 0. The van der Waals surface area contributed by atoms with Crippen molar-refractivity contribution in [3.05, 3.63) is 6.20 Å². The Bertz CT molecular complexity index is 489. The minimum Gasteiger partial charge on any atom is -0.394 e. The van der Waals surface area contributed by atoms with Gasteiger partial charge in [-0.15, -0.1) is 5.10 Å². The van der Waals surface area contributed by atoms with Crippen LogP contribution in [0.5, 0.6) is 0 Å². The summed E-state index contributed by atoms with van der Waals surface area (Å²) in [4.78, 5) is 24.6. The summed E-state index contributed by atoms with van der Waals surface area (Å²) >= 11 is 0. The van der Waals surface area contributed by atoms with E-state index in [0.717, 1.165) is 0 Å². The van der Waals surface area contributed by atoms with Crippen LogP contribution in [0, 0.1) is 0 Å². The summed E-state index contributed by atoms with van der Waals surface area (Å²) in [5, 5.41) is 19.2. The summed E-state index contributed by atoms with van der Waals surface area (Å²) in [6.07, 6.45) is 1.48. The van der Waals surface area contributed by atoms with Crippen LogP contribution in [0.25, 0.3) is 0 Å². The first-order chi connectivity index (χ1) is 9.60. The molecule has 0 bridgehead atoms. The number of aliphatic hydroxyl groups excluding tert-OH is 1. The molecule has 1 atom stereocenters. The molecule has 9 heteroatoms. The number of carbonyl (C=O) groups excluding carboxylic acids is 2. The number of nitrogens with one attached hydrogen (secondary N) is 1. The number of rotatable bonds is 4. The van der Waals surface area contributed by atoms with Gasteiger partial charge in [-0.05, 0) is 0 Å². The number of ether oxygens (including phenoxy) is 1. The van der Waals surface area contributed by atoms with E-state index in [1.54, 1.807) is 4.90 Å². The van der Waals surface area contributed by atoms with Crippen molar-refractivity contribution in [1.82, 2.24) is 19.9 Å². The molecule has 20 heavy (non-hydrogen) atoms. The fraction of sp³-hybridized carbons (Fsp3) is 0.636. The molecule has 0 radical (unpaired) electrons. The van der Waals surface area contributed by atoms with E-state index >= 15 is 0 Å². The molecule has 2 N–H and O–H groups in total. The van der Waals surface area contributed by atoms with Crippen molar-refractivity contribution in [2.24, 2.45) is 0 Å². The van der Waals surface area contributed by atoms with Crippen LogP contribution < -0.4 is 5.32 Å². The molecule has 1 fully saturated rings. The van der Waals surface area contributed by atoms with Crippen LogP contribution in [0.2, 0.25) is 0 Å². The maximum Gasteiger partial charge on any atom is 0.244 e. The first-order valence-electron chi connectivity index (χ1n) is 6.26. The Labute approximate surface area is 115 Å². The van der Waals surface area contributed by atoms with Crippen molar-refractivity contribution < 1.29 is 19.4 Å². The lowest BCUT2D eigenvalue weighted by molar-refractivity contribution is -0.142. The lowest BCUT2D eigenvalue weighted by atomic mass is 10.2. The average Bonchev–Trinajstić information content (AvgIpc) is 2.85. The first kappa shape index (κ1) is 14.4. The zero-order valence-corrected chi connectivity index (χ0v) is 11.2. The summed E-state index contributed by atoms with van der Waals surface area (Å²) in [6, 6.07) is -0.324. The molecule has 2 heterocycles. The van der Waals surface area contributed by atoms with Crippen molar-refractivity contribution in [3.8, 4) is 0 Å². The van der Waals surface area contributed by atoms with E-state index in [1.807, 2.05) is 0 Å². The normalized spacial score (nSPS) is 18.9. The van der Waals surface area contributed by atoms with Gasteiger partial charge in [0.05, 0.1) is 32.1 Å². The van der Waals surface area contributed by atoms with Crippen LogP contribution in [0.15, 0.2) is 6.20 Å². The summed E-state index contributed by atoms with van der Waals surface area (Å²) < 4.78 is 6.56. The largest absolute Gasteiger partial charge is 0.394 e. The van der Waals surface area contributed by atoms with Crippen molar-refractivity contribution in [2.45, 2.75) is 19.5 Å². The average molecular weight is 283 g/mol. The number of aromatic nitrogens is 3. The van der Waals surface area contributed by atoms with Gasteiger partial charge in [0.15, 0.2) is 5.82 Å². The van der Waals surface area contributed by atoms with E-state index in [9.17, 15) is 14.7 Å². The lowest BCUT2D eigenvalue weighted by Gasteiger charge is -2.34. The van der Waals surface area contributed by atoms with Crippen LogP contribution in [0.3, 0.4) is 0 Å². The second-order valence-corrected chi connectivity index (χ2v) is 4.48. The quantitative estimate of drug-likeness (QED) is 0.693. The van der Waals surface area contributed by atoms with Gasteiger partial charge in [-0.2, -0.15) is 0 Å². The van der Waals surface area contributed by atoms with Gasteiger partial charge in [-0.1, -0.05) is 5.21 Å². The molecule has 110 valence electrons. The fourth-order valence-electron chi connectivity index (χ4n) is 1.98. The number of carbonyl (C=O) groups is 2. The number of anilines is 1. The van der Waals surface area contributed by atoms with E-state index < -0.39 is 0 Å². The molecular weight excluding hydrogens is 266 g/mol. The Hall–Kier alpha value is -2.00. The monoisotopic (exact) mass is 283 g/mol. The molecule has 0 aromatic carbocycles. The second-order valence-electron chi connectivity index (χ2n) is 4.48. The number of hydrogen-bond donors (Lipinski definition) is 2. The van der Waals surface area contributed by atoms with Crippen molar-refractivity contribution in [3.63, 3.8) is 0 Å². The van der Waals surface area contributed by atoms with E-state index in [0.29, 0.717) is 25.6 Å². The number of nitrogens with zero attached hydrogens (tertiary/aromatic N) is 4. The number of amides is 2. The Morgan fingerprint density at radius 3 is 3.10 bits per heavy atom. The van der Waals surface area contributed by atoms with Crippen molar-refractivity contribution >= 4 is 17.6 Å². The third-order valence-corrected chi connectivity index (χ3v) is 2.90. The van der Waals surface area contributed by atoms with Gasteiger partial charge in [0.1, 0.15) is 6.54 Å². The highest BCUT2D eigenvalue weighted by Crippen LogP contribution is 2.08. The zero-order chi connectivity index (χ0) is 14.5. The standard InChI is InChI=1S/C11H17N5O4/c1-8(18)12-10-4-15(14-13-10)5-11(19)16-2-3-20-7-9(16)6-17/h4,9,17H,2-3,5-7H2,1H3,(H,12,18). The number of morpholine rings is 1. The van der Waals surface area contributed by atoms with Crippen LogP contribution in [0.1, 0.15) is 6.92 Å². The van der Waals surface area contributed by atoms with Crippen LogP contribution in [0.4, 0.5) is 5.82 Å². The number of hydrogen-bond acceptors (Lipinski definition) is 6. The number of aliphatic hydroxyl groups is 1. The Morgan fingerprint density at radius 1 is 1.60 bits per heavy atom. The van der Waals surface area contributed by atoms with Gasteiger partial charge in [0, 0.05) is 13.5 Å². The summed E-state index contributed by atoms with van der Waals surface area (Å²) in [5.74, 6) is -0.130. The minimum absolute atomic E-state index is 0.00306. The second kappa shape index (κ2) is 6.44. The Balaban J connectivity index is 1.96. The van der Waals surface area contributed by atoms with Gasteiger partial charge < -0.3 is 20.1 Å². The first-order valence-corrected chi connectivity index (χ1v) is 6.26. The van der Waals surface area contributed by atoms with E-state index in [1.165, 1.54) is 17.8 Å². The van der Waals surface area contributed by atoms with Crippen molar-refractivity contribution in [2.75, 3.05) is 31.7 Å².